The monoisotopic (exact) mass is 317 g/mol. The van der Waals surface area contributed by atoms with Gasteiger partial charge in [-0.2, -0.15) is 0 Å². The summed E-state index contributed by atoms with van der Waals surface area (Å²) in [4.78, 5) is 6.91. The first-order valence-electron chi connectivity index (χ1n) is 8.37. The average Bonchev–Trinajstić information content (AvgIpc) is 3.07. The van der Waals surface area contributed by atoms with Crippen molar-refractivity contribution in [1.29, 1.82) is 0 Å². The fraction of sp³-hybridized carbons (Fsp3) is 0.588. The highest BCUT2D eigenvalue weighted by molar-refractivity contribution is 5.82. The summed E-state index contributed by atoms with van der Waals surface area (Å²) in [5, 5.41) is 13.5. The summed E-state index contributed by atoms with van der Waals surface area (Å²) in [5.74, 6) is 0.441. The van der Waals surface area contributed by atoms with Crippen LogP contribution in [-0.4, -0.2) is 51.3 Å². The van der Waals surface area contributed by atoms with Crippen LogP contribution in [0.3, 0.4) is 0 Å². The number of benzene rings is 1. The molecule has 0 spiro atoms. The highest BCUT2D eigenvalue weighted by atomic mass is 16.3. The van der Waals surface area contributed by atoms with Gasteiger partial charge in [-0.3, -0.25) is 0 Å². The minimum absolute atomic E-state index is 0.428. The molecule has 126 valence electrons. The zero-order valence-electron chi connectivity index (χ0n) is 14.0. The van der Waals surface area contributed by atoms with Gasteiger partial charge in [-0.15, -0.1) is 0 Å². The van der Waals surface area contributed by atoms with Crippen molar-refractivity contribution in [1.82, 2.24) is 14.5 Å². The van der Waals surface area contributed by atoms with Crippen molar-refractivity contribution in [2.45, 2.75) is 38.8 Å². The molecule has 0 atom stereocenters. The zero-order chi connectivity index (χ0) is 16.4. The second-order valence-corrected chi connectivity index (χ2v) is 7.05. The van der Waals surface area contributed by atoms with Crippen molar-refractivity contribution < 1.29 is 5.11 Å². The summed E-state index contributed by atoms with van der Waals surface area (Å²) in [6.45, 7) is 8.42. The molecule has 1 aliphatic heterocycles. The van der Waals surface area contributed by atoms with Gasteiger partial charge in [0.05, 0.1) is 23.2 Å². The van der Waals surface area contributed by atoms with Crippen LogP contribution in [0.15, 0.2) is 18.2 Å². The maximum atomic E-state index is 10.0. The SMILES string of the molecule is CC(C)(O)Cn1c(N)nc2cc(NCCN3CCCC3)ccc21. The summed E-state index contributed by atoms with van der Waals surface area (Å²) >= 11 is 0. The molecule has 0 aliphatic carbocycles. The van der Waals surface area contributed by atoms with Crippen molar-refractivity contribution in [3.8, 4) is 0 Å². The molecule has 1 fully saturated rings. The second-order valence-electron chi connectivity index (χ2n) is 7.05. The molecule has 0 amide bonds. The lowest BCUT2D eigenvalue weighted by Gasteiger charge is -2.19. The van der Waals surface area contributed by atoms with E-state index in [1.807, 2.05) is 22.8 Å². The minimum Gasteiger partial charge on any atom is -0.389 e. The molecule has 1 saturated heterocycles. The van der Waals surface area contributed by atoms with E-state index in [4.69, 9.17) is 5.73 Å². The Kier molecular flexibility index (Phi) is 4.46. The standard InChI is InChI=1S/C17H27N5O/c1-17(2,23)12-22-15-6-5-13(11-14(15)20-16(22)18)19-7-10-21-8-3-4-9-21/h5-6,11,19,23H,3-4,7-10,12H2,1-2H3,(H2,18,20). The summed E-state index contributed by atoms with van der Waals surface area (Å²) in [6.07, 6.45) is 2.65. The van der Waals surface area contributed by atoms with E-state index in [-0.39, 0.29) is 0 Å². The molecule has 1 aliphatic rings. The van der Waals surface area contributed by atoms with Crippen LogP contribution in [0.5, 0.6) is 0 Å². The third kappa shape index (κ3) is 3.95. The normalized spacial score (nSPS) is 16.3. The van der Waals surface area contributed by atoms with E-state index in [0.29, 0.717) is 12.5 Å². The summed E-state index contributed by atoms with van der Waals surface area (Å²) in [6, 6.07) is 6.09. The maximum Gasteiger partial charge on any atom is 0.201 e. The molecule has 0 saturated carbocycles. The van der Waals surface area contributed by atoms with Crippen LogP contribution in [0.4, 0.5) is 11.6 Å². The highest BCUT2D eigenvalue weighted by Gasteiger charge is 2.18. The van der Waals surface area contributed by atoms with E-state index in [2.05, 4.69) is 15.2 Å². The van der Waals surface area contributed by atoms with Gasteiger partial charge in [0.25, 0.3) is 0 Å². The number of imidazole rings is 1. The van der Waals surface area contributed by atoms with Gasteiger partial charge in [-0.05, 0) is 58.0 Å². The molecule has 1 aromatic heterocycles. The second kappa shape index (κ2) is 6.37. The van der Waals surface area contributed by atoms with E-state index < -0.39 is 5.60 Å². The van der Waals surface area contributed by atoms with Gasteiger partial charge in [-0.1, -0.05) is 0 Å². The van der Waals surface area contributed by atoms with Gasteiger partial charge >= 0.3 is 0 Å². The van der Waals surface area contributed by atoms with Crippen LogP contribution >= 0.6 is 0 Å². The number of nitrogen functional groups attached to an aromatic ring is 1. The number of hydrogen-bond acceptors (Lipinski definition) is 5. The van der Waals surface area contributed by atoms with Crippen molar-refractivity contribution in [3.63, 3.8) is 0 Å². The molecule has 2 aromatic rings. The lowest BCUT2D eigenvalue weighted by atomic mass is 10.1. The van der Waals surface area contributed by atoms with Crippen LogP contribution in [0.25, 0.3) is 11.0 Å². The number of hydrogen-bond donors (Lipinski definition) is 3. The molecule has 2 heterocycles. The largest absolute Gasteiger partial charge is 0.389 e. The van der Waals surface area contributed by atoms with Gasteiger partial charge in [0.15, 0.2) is 0 Å². The number of nitrogens with two attached hydrogens (primary N) is 1. The number of rotatable bonds is 6. The third-order valence-corrected chi connectivity index (χ3v) is 4.28. The number of aromatic nitrogens is 2. The Morgan fingerprint density at radius 2 is 2.04 bits per heavy atom. The minimum atomic E-state index is -0.825. The Labute approximate surface area is 137 Å². The van der Waals surface area contributed by atoms with Gasteiger partial charge in [0, 0.05) is 18.8 Å². The molecular formula is C17H27N5O. The summed E-state index contributed by atoms with van der Waals surface area (Å²) < 4.78 is 1.86. The maximum absolute atomic E-state index is 10.0. The van der Waals surface area contributed by atoms with Crippen LogP contribution in [-0.2, 0) is 6.54 Å². The summed E-state index contributed by atoms with van der Waals surface area (Å²) in [7, 11) is 0. The van der Waals surface area contributed by atoms with E-state index in [1.54, 1.807) is 13.8 Å². The van der Waals surface area contributed by atoms with Crippen LogP contribution in [0, 0.1) is 0 Å². The van der Waals surface area contributed by atoms with E-state index >= 15 is 0 Å². The van der Waals surface area contributed by atoms with Crippen molar-refractivity contribution in [2.75, 3.05) is 37.2 Å². The number of nitrogens with one attached hydrogen (secondary N) is 1. The van der Waals surface area contributed by atoms with Gasteiger partial charge in [-0.25, -0.2) is 4.98 Å². The Morgan fingerprint density at radius 3 is 2.74 bits per heavy atom. The quantitative estimate of drug-likeness (QED) is 0.758. The van der Waals surface area contributed by atoms with Crippen LogP contribution in [0.2, 0.25) is 0 Å². The number of likely N-dealkylation sites (tertiary alicyclic amines) is 1. The third-order valence-electron chi connectivity index (χ3n) is 4.28. The molecule has 3 rings (SSSR count). The Morgan fingerprint density at radius 1 is 1.30 bits per heavy atom. The lowest BCUT2D eigenvalue weighted by Crippen LogP contribution is -2.26. The van der Waals surface area contributed by atoms with Crippen molar-refractivity contribution >= 4 is 22.7 Å². The smallest absolute Gasteiger partial charge is 0.201 e. The van der Waals surface area contributed by atoms with E-state index in [1.165, 1.54) is 25.9 Å². The summed E-state index contributed by atoms with van der Waals surface area (Å²) in [5.41, 5.74) is 8.05. The van der Waals surface area contributed by atoms with E-state index in [9.17, 15) is 5.11 Å². The first-order valence-corrected chi connectivity index (χ1v) is 8.37. The highest BCUT2D eigenvalue weighted by Crippen LogP contribution is 2.23. The molecule has 6 nitrogen and oxygen atoms in total. The molecule has 0 unspecified atom stereocenters. The van der Waals surface area contributed by atoms with Crippen LogP contribution < -0.4 is 11.1 Å². The fourth-order valence-electron chi connectivity index (χ4n) is 3.18. The Hall–Kier alpha value is -1.79. The number of aliphatic hydroxyl groups is 1. The Bertz CT molecular complexity index is 667. The van der Waals surface area contributed by atoms with Gasteiger partial charge < -0.3 is 25.6 Å². The van der Waals surface area contributed by atoms with E-state index in [0.717, 1.165) is 29.8 Å². The molecule has 0 bridgehead atoms. The molecule has 1 aromatic carbocycles. The predicted octanol–water partition coefficient (Wildman–Crippen LogP) is 1.90. The van der Waals surface area contributed by atoms with Gasteiger partial charge in [0.2, 0.25) is 5.95 Å². The first kappa shape index (κ1) is 16.1. The fourth-order valence-corrected chi connectivity index (χ4v) is 3.18. The predicted molar refractivity (Wildman–Crippen MR) is 94.6 cm³/mol. The lowest BCUT2D eigenvalue weighted by molar-refractivity contribution is 0.0633. The molecule has 6 heteroatoms. The van der Waals surface area contributed by atoms with Crippen molar-refractivity contribution in [3.05, 3.63) is 18.2 Å². The number of fused-ring (bicyclic) bond motifs is 1. The topological polar surface area (TPSA) is 79.3 Å². The molecule has 0 radical (unpaired) electrons. The zero-order valence-corrected chi connectivity index (χ0v) is 14.0. The average molecular weight is 317 g/mol. The van der Waals surface area contributed by atoms with Crippen molar-refractivity contribution in [2.24, 2.45) is 0 Å². The first-order chi connectivity index (χ1) is 10.9. The number of nitrogens with zero attached hydrogens (tertiary/aromatic N) is 3. The molecule has 4 N–H and O–H groups in total. The molecule has 23 heavy (non-hydrogen) atoms. The number of anilines is 2. The Balaban J connectivity index is 1.69. The van der Waals surface area contributed by atoms with Gasteiger partial charge in [0.1, 0.15) is 0 Å². The molecular weight excluding hydrogens is 290 g/mol. The van der Waals surface area contributed by atoms with Crippen LogP contribution in [0.1, 0.15) is 26.7 Å².